The fraction of sp³-hybridized carbons (Fsp3) is 0.364. The van der Waals surface area contributed by atoms with Crippen LogP contribution in [0.2, 0.25) is 0 Å². The van der Waals surface area contributed by atoms with E-state index in [4.69, 9.17) is 0 Å². The van der Waals surface area contributed by atoms with Crippen molar-refractivity contribution in [2.75, 3.05) is 11.9 Å². The molecule has 1 aliphatic heterocycles. The van der Waals surface area contributed by atoms with E-state index < -0.39 is 10.0 Å². The number of sulfonamides is 1. The number of amidine groups is 1. The van der Waals surface area contributed by atoms with Gasteiger partial charge < -0.3 is 5.32 Å². The molecule has 0 spiro atoms. The molecule has 2 unspecified atom stereocenters. The van der Waals surface area contributed by atoms with Crippen molar-refractivity contribution in [3.63, 3.8) is 0 Å². The van der Waals surface area contributed by atoms with Crippen LogP contribution in [0.5, 0.6) is 0 Å². The van der Waals surface area contributed by atoms with Gasteiger partial charge in [-0.15, -0.1) is 0 Å². The number of hydrogen-bond acceptors (Lipinski definition) is 4. The molecule has 1 fully saturated rings. The lowest BCUT2D eigenvalue weighted by atomic mass is 10.1. The number of carbonyl (C=O) groups excluding carboxylic acids is 1. The van der Waals surface area contributed by atoms with Gasteiger partial charge in [-0.05, 0) is 67.1 Å². The molecule has 0 saturated heterocycles. The number of amides is 1. The summed E-state index contributed by atoms with van der Waals surface area (Å²) in [7, 11) is -3.70. The van der Waals surface area contributed by atoms with Crippen LogP contribution < -0.4 is 10.0 Å². The number of carbonyl (C=O) groups is 1. The first-order chi connectivity index (χ1) is 14.4. The van der Waals surface area contributed by atoms with E-state index in [-0.39, 0.29) is 28.5 Å². The molecule has 30 heavy (non-hydrogen) atoms. The lowest BCUT2D eigenvalue weighted by Crippen LogP contribution is -2.30. The van der Waals surface area contributed by atoms with Gasteiger partial charge in [-0.25, -0.2) is 12.8 Å². The molecule has 1 saturated carbocycles. The molecule has 2 aliphatic rings. The van der Waals surface area contributed by atoms with Crippen LogP contribution in [-0.2, 0) is 14.8 Å². The summed E-state index contributed by atoms with van der Waals surface area (Å²) in [6.45, 7) is 0.642. The highest BCUT2D eigenvalue weighted by Crippen LogP contribution is 2.48. The third kappa shape index (κ3) is 4.87. The maximum Gasteiger partial charge on any atom is 0.262 e. The van der Waals surface area contributed by atoms with Crippen molar-refractivity contribution in [2.24, 2.45) is 10.9 Å². The number of hydrogen-bond donors (Lipinski definition) is 2. The summed E-state index contributed by atoms with van der Waals surface area (Å²) < 4.78 is 40.8. The zero-order valence-electron chi connectivity index (χ0n) is 16.5. The summed E-state index contributed by atoms with van der Waals surface area (Å²) in [5.41, 5.74) is 1.49. The minimum atomic E-state index is -3.70. The topological polar surface area (TPSA) is 87.6 Å². The van der Waals surface area contributed by atoms with Gasteiger partial charge in [0.1, 0.15) is 11.7 Å². The zero-order valence-corrected chi connectivity index (χ0v) is 17.3. The lowest BCUT2D eigenvalue weighted by Gasteiger charge is -2.11. The molecule has 6 nitrogen and oxygen atoms in total. The highest BCUT2D eigenvalue weighted by Gasteiger charge is 2.43. The highest BCUT2D eigenvalue weighted by atomic mass is 32.2. The molecule has 0 aromatic heterocycles. The van der Waals surface area contributed by atoms with Crippen molar-refractivity contribution < 1.29 is 17.6 Å². The Morgan fingerprint density at radius 3 is 2.47 bits per heavy atom. The molecule has 2 aromatic rings. The Kier molecular flexibility index (Phi) is 5.85. The summed E-state index contributed by atoms with van der Waals surface area (Å²) in [6, 6.07) is 12.3. The molecule has 0 bridgehead atoms. The van der Waals surface area contributed by atoms with E-state index in [2.05, 4.69) is 15.0 Å². The van der Waals surface area contributed by atoms with E-state index in [1.54, 1.807) is 24.3 Å². The molecule has 2 aromatic carbocycles. The van der Waals surface area contributed by atoms with Crippen LogP contribution >= 0.6 is 0 Å². The maximum absolute atomic E-state index is 13.0. The van der Waals surface area contributed by atoms with Crippen molar-refractivity contribution in [2.45, 2.75) is 42.9 Å². The van der Waals surface area contributed by atoms with Crippen LogP contribution in [0.4, 0.5) is 10.1 Å². The SMILES string of the molecule is O=C(Nc1ccc(S(=O)(=O)NC2=NCCCCC2)cc1)C1CC1c1ccc(F)cc1. The third-order valence-electron chi connectivity index (χ3n) is 5.48. The second-order valence-electron chi connectivity index (χ2n) is 7.76. The quantitative estimate of drug-likeness (QED) is 0.757. The molecule has 0 radical (unpaired) electrons. The molecule has 1 aliphatic carbocycles. The van der Waals surface area contributed by atoms with E-state index in [1.807, 2.05) is 0 Å². The average Bonchev–Trinajstić information content (AvgIpc) is 3.54. The van der Waals surface area contributed by atoms with E-state index in [0.29, 0.717) is 24.5 Å². The number of rotatable bonds is 5. The van der Waals surface area contributed by atoms with Crippen LogP contribution in [0.15, 0.2) is 58.4 Å². The smallest absolute Gasteiger partial charge is 0.262 e. The molecule has 2 N–H and O–H groups in total. The third-order valence-corrected chi connectivity index (χ3v) is 6.88. The second kappa shape index (κ2) is 8.55. The Morgan fingerprint density at radius 2 is 1.73 bits per heavy atom. The molecular weight excluding hydrogens is 405 g/mol. The summed E-state index contributed by atoms with van der Waals surface area (Å²) in [5.74, 6) is 0.0240. The Morgan fingerprint density at radius 1 is 1.00 bits per heavy atom. The van der Waals surface area contributed by atoms with Crippen LogP contribution in [0.3, 0.4) is 0 Å². The minimum Gasteiger partial charge on any atom is -0.326 e. The number of nitrogens with one attached hydrogen (secondary N) is 2. The summed E-state index contributed by atoms with van der Waals surface area (Å²) in [6.07, 6.45) is 4.29. The molecule has 158 valence electrons. The summed E-state index contributed by atoms with van der Waals surface area (Å²) >= 11 is 0. The first-order valence-corrected chi connectivity index (χ1v) is 11.6. The van der Waals surface area contributed by atoms with Gasteiger partial charge in [0.2, 0.25) is 5.91 Å². The minimum absolute atomic E-state index is 0.0924. The van der Waals surface area contributed by atoms with Gasteiger partial charge >= 0.3 is 0 Å². The fourth-order valence-corrected chi connectivity index (χ4v) is 4.78. The van der Waals surface area contributed by atoms with Crippen LogP contribution in [0, 0.1) is 11.7 Å². The van der Waals surface area contributed by atoms with Gasteiger partial charge in [0, 0.05) is 24.6 Å². The first-order valence-electron chi connectivity index (χ1n) is 10.1. The summed E-state index contributed by atoms with van der Waals surface area (Å²) in [4.78, 5) is 16.9. The van der Waals surface area contributed by atoms with Crippen LogP contribution in [0.1, 0.15) is 43.6 Å². The fourth-order valence-electron chi connectivity index (χ4n) is 3.69. The maximum atomic E-state index is 13.0. The molecular formula is C22H24FN3O3S. The molecule has 1 amide bonds. The van der Waals surface area contributed by atoms with Crippen molar-refractivity contribution in [1.29, 1.82) is 0 Å². The average molecular weight is 430 g/mol. The number of anilines is 1. The predicted molar refractivity (Wildman–Crippen MR) is 113 cm³/mol. The van der Waals surface area contributed by atoms with Gasteiger partial charge in [0.25, 0.3) is 10.0 Å². The van der Waals surface area contributed by atoms with E-state index >= 15 is 0 Å². The molecule has 4 rings (SSSR count). The molecule has 8 heteroatoms. The number of benzene rings is 2. The Labute approximate surface area is 175 Å². The summed E-state index contributed by atoms with van der Waals surface area (Å²) in [5, 5.41) is 2.83. The first kappa shape index (κ1) is 20.5. The van der Waals surface area contributed by atoms with Crippen LogP contribution in [-0.4, -0.2) is 26.7 Å². The zero-order chi connectivity index (χ0) is 21.1. The van der Waals surface area contributed by atoms with Gasteiger partial charge in [0.05, 0.1) is 4.90 Å². The van der Waals surface area contributed by atoms with Crippen LogP contribution in [0.25, 0.3) is 0 Å². The second-order valence-corrected chi connectivity index (χ2v) is 9.44. The number of nitrogens with zero attached hydrogens (tertiary/aromatic N) is 1. The van der Waals surface area contributed by atoms with Gasteiger partial charge in [-0.3, -0.25) is 14.5 Å². The monoisotopic (exact) mass is 429 g/mol. The van der Waals surface area contributed by atoms with E-state index in [9.17, 15) is 17.6 Å². The lowest BCUT2D eigenvalue weighted by molar-refractivity contribution is -0.117. The standard InChI is InChI=1S/C22H24FN3O3S/c23-16-7-5-15(6-8-16)19-14-20(19)22(27)25-17-9-11-18(12-10-17)30(28,29)26-21-4-2-1-3-13-24-21/h5-12,19-20H,1-4,13-14H2,(H,24,26)(H,25,27). The van der Waals surface area contributed by atoms with Crippen molar-refractivity contribution in [1.82, 2.24) is 4.72 Å². The van der Waals surface area contributed by atoms with Crippen molar-refractivity contribution in [3.05, 3.63) is 59.9 Å². The normalized spacial score (nSPS) is 21.3. The Balaban J connectivity index is 1.36. The van der Waals surface area contributed by atoms with Crippen molar-refractivity contribution >= 4 is 27.5 Å². The van der Waals surface area contributed by atoms with Gasteiger partial charge in [-0.2, -0.15) is 0 Å². The predicted octanol–water partition coefficient (Wildman–Crippen LogP) is 3.82. The largest absolute Gasteiger partial charge is 0.326 e. The van der Waals surface area contributed by atoms with Crippen molar-refractivity contribution in [3.8, 4) is 0 Å². The number of aliphatic imine (C=N–C) groups is 1. The highest BCUT2D eigenvalue weighted by molar-refractivity contribution is 7.90. The Hall–Kier alpha value is -2.74. The van der Waals surface area contributed by atoms with E-state index in [1.165, 1.54) is 24.3 Å². The van der Waals surface area contributed by atoms with Gasteiger partial charge in [0.15, 0.2) is 0 Å². The molecule has 2 atom stereocenters. The van der Waals surface area contributed by atoms with E-state index in [0.717, 1.165) is 31.2 Å². The number of halogens is 1. The molecule has 1 heterocycles. The Bertz CT molecular complexity index is 1050. The van der Waals surface area contributed by atoms with Gasteiger partial charge in [-0.1, -0.05) is 18.6 Å².